The van der Waals surface area contributed by atoms with Crippen LogP contribution >= 0.6 is 0 Å². The Balaban J connectivity index is 3.08. The number of hydrogen-bond acceptors (Lipinski definition) is 3. The first-order valence-electron chi connectivity index (χ1n) is 3.74. The first-order valence-corrected chi connectivity index (χ1v) is 5.80. The van der Waals surface area contributed by atoms with Gasteiger partial charge in [0.1, 0.15) is 6.29 Å². The van der Waals surface area contributed by atoms with Crippen LogP contribution in [0.25, 0.3) is 0 Å². The van der Waals surface area contributed by atoms with Crippen molar-refractivity contribution in [3.8, 4) is 0 Å². The van der Waals surface area contributed by atoms with Gasteiger partial charge in [0.25, 0.3) is 0 Å². The Morgan fingerprint density at radius 1 is 1.31 bits per heavy atom. The lowest BCUT2D eigenvalue weighted by atomic mass is 10.1. The van der Waals surface area contributed by atoms with Crippen LogP contribution in [0.15, 0.2) is 24.3 Å². The fourth-order valence-electron chi connectivity index (χ4n) is 1.06. The molecule has 0 aliphatic rings. The van der Waals surface area contributed by atoms with E-state index < -0.39 is 9.84 Å². The van der Waals surface area contributed by atoms with E-state index in [0.29, 0.717) is 17.4 Å². The maximum absolute atomic E-state index is 11.0. The van der Waals surface area contributed by atoms with Crippen molar-refractivity contribution in [3.05, 3.63) is 35.4 Å². The fourth-order valence-corrected chi connectivity index (χ4v) is 1.89. The highest BCUT2D eigenvalue weighted by molar-refractivity contribution is 7.89. The number of benzene rings is 1. The highest BCUT2D eigenvalue weighted by Gasteiger charge is 2.07. The monoisotopic (exact) mass is 198 g/mol. The quantitative estimate of drug-likeness (QED) is 0.682. The van der Waals surface area contributed by atoms with Gasteiger partial charge < -0.3 is 0 Å². The van der Waals surface area contributed by atoms with Crippen LogP contribution < -0.4 is 0 Å². The normalized spacial score (nSPS) is 11.2. The zero-order chi connectivity index (χ0) is 9.90. The molecule has 0 aliphatic heterocycles. The molecule has 0 aromatic heterocycles. The van der Waals surface area contributed by atoms with E-state index in [9.17, 15) is 13.2 Å². The highest BCUT2D eigenvalue weighted by atomic mass is 32.2. The first kappa shape index (κ1) is 9.92. The number of aldehydes is 1. The molecular weight excluding hydrogens is 188 g/mol. The second-order valence-corrected chi connectivity index (χ2v) is 5.03. The SMILES string of the molecule is CS(=O)(=O)Cc1ccccc1C=O. The van der Waals surface area contributed by atoms with Crippen molar-refractivity contribution >= 4 is 16.1 Å². The van der Waals surface area contributed by atoms with Crippen LogP contribution in [0.1, 0.15) is 15.9 Å². The molecule has 0 N–H and O–H groups in total. The van der Waals surface area contributed by atoms with E-state index in [1.807, 2.05) is 0 Å². The molecule has 0 unspecified atom stereocenters. The second kappa shape index (κ2) is 3.70. The average Bonchev–Trinajstić information content (AvgIpc) is 2.02. The molecule has 0 heterocycles. The van der Waals surface area contributed by atoms with E-state index in [-0.39, 0.29) is 5.75 Å². The van der Waals surface area contributed by atoms with E-state index in [1.165, 1.54) is 0 Å². The third-order valence-corrected chi connectivity index (χ3v) is 2.44. The molecule has 13 heavy (non-hydrogen) atoms. The van der Waals surface area contributed by atoms with Crippen LogP contribution in [0.5, 0.6) is 0 Å². The summed E-state index contributed by atoms with van der Waals surface area (Å²) in [7, 11) is -3.07. The number of rotatable bonds is 3. The Morgan fingerprint density at radius 3 is 2.46 bits per heavy atom. The van der Waals surface area contributed by atoms with Crippen molar-refractivity contribution < 1.29 is 13.2 Å². The van der Waals surface area contributed by atoms with Crippen LogP contribution in [0.2, 0.25) is 0 Å². The van der Waals surface area contributed by atoms with Crippen molar-refractivity contribution in [2.24, 2.45) is 0 Å². The predicted molar refractivity (Wildman–Crippen MR) is 50.4 cm³/mol. The Kier molecular flexibility index (Phi) is 2.83. The van der Waals surface area contributed by atoms with Crippen LogP contribution in [0.3, 0.4) is 0 Å². The number of sulfone groups is 1. The van der Waals surface area contributed by atoms with Gasteiger partial charge in [-0.15, -0.1) is 0 Å². The smallest absolute Gasteiger partial charge is 0.151 e. The summed E-state index contributed by atoms with van der Waals surface area (Å²) < 4.78 is 21.9. The van der Waals surface area contributed by atoms with E-state index in [1.54, 1.807) is 24.3 Å². The number of hydrogen-bond donors (Lipinski definition) is 0. The lowest BCUT2D eigenvalue weighted by molar-refractivity contribution is 0.112. The maximum Gasteiger partial charge on any atom is 0.151 e. The van der Waals surface area contributed by atoms with E-state index in [2.05, 4.69) is 0 Å². The molecule has 4 heteroatoms. The van der Waals surface area contributed by atoms with Crippen molar-refractivity contribution in [2.45, 2.75) is 5.75 Å². The van der Waals surface area contributed by atoms with Gasteiger partial charge in [-0.3, -0.25) is 4.79 Å². The maximum atomic E-state index is 11.0. The van der Waals surface area contributed by atoms with Gasteiger partial charge in [0.2, 0.25) is 0 Å². The van der Waals surface area contributed by atoms with Crippen molar-refractivity contribution in [1.29, 1.82) is 0 Å². The van der Waals surface area contributed by atoms with Gasteiger partial charge in [-0.2, -0.15) is 0 Å². The highest BCUT2D eigenvalue weighted by Crippen LogP contribution is 2.09. The van der Waals surface area contributed by atoms with E-state index in [0.717, 1.165) is 6.26 Å². The molecule has 0 aliphatic carbocycles. The topological polar surface area (TPSA) is 51.2 Å². The minimum atomic E-state index is -3.07. The first-order chi connectivity index (χ1) is 6.03. The van der Waals surface area contributed by atoms with Crippen LogP contribution in [-0.4, -0.2) is 21.0 Å². The largest absolute Gasteiger partial charge is 0.298 e. The molecule has 0 saturated carbocycles. The molecular formula is C9H10O3S. The van der Waals surface area contributed by atoms with Crippen molar-refractivity contribution in [3.63, 3.8) is 0 Å². The van der Waals surface area contributed by atoms with Gasteiger partial charge in [-0.05, 0) is 5.56 Å². The van der Waals surface area contributed by atoms with Crippen molar-refractivity contribution in [1.82, 2.24) is 0 Å². The summed E-state index contributed by atoms with van der Waals surface area (Å²) in [6.07, 6.45) is 1.81. The molecule has 1 rings (SSSR count). The van der Waals surface area contributed by atoms with E-state index in [4.69, 9.17) is 0 Å². The standard InChI is InChI=1S/C9H10O3S/c1-13(11,12)7-9-5-3-2-4-8(9)6-10/h2-6H,7H2,1H3. The van der Waals surface area contributed by atoms with Crippen molar-refractivity contribution in [2.75, 3.05) is 6.26 Å². The van der Waals surface area contributed by atoms with Gasteiger partial charge in [-0.1, -0.05) is 24.3 Å². The molecule has 70 valence electrons. The molecule has 0 bridgehead atoms. The lowest BCUT2D eigenvalue weighted by Gasteiger charge is -2.01. The Hall–Kier alpha value is -1.16. The summed E-state index contributed by atoms with van der Waals surface area (Å²) in [5, 5.41) is 0. The number of carbonyl (C=O) groups is 1. The molecule has 1 aromatic carbocycles. The van der Waals surface area contributed by atoms with Gasteiger partial charge in [-0.25, -0.2) is 8.42 Å². The third-order valence-electron chi connectivity index (χ3n) is 1.60. The minimum absolute atomic E-state index is 0.0814. The van der Waals surface area contributed by atoms with Crippen LogP contribution in [0.4, 0.5) is 0 Å². The Bertz CT molecular complexity index is 407. The van der Waals surface area contributed by atoms with E-state index >= 15 is 0 Å². The van der Waals surface area contributed by atoms with Gasteiger partial charge >= 0.3 is 0 Å². The summed E-state index contributed by atoms with van der Waals surface area (Å²) in [4.78, 5) is 10.5. The predicted octanol–water partition coefficient (Wildman–Crippen LogP) is 1.04. The van der Waals surface area contributed by atoms with Gasteiger partial charge in [0.15, 0.2) is 9.84 Å². The summed E-state index contributed by atoms with van der Waals surface area (Å²) in [5.74, 6) is -0.0814. The third kappa shape index (κ3) is 2.99. The van der Waals surface area contributed by atoms with Crippen LogP contribution in [-0.2, 0) is 15.6 Å². The Labute approximate surface area is 77.3 Å². The molecule has 0 radical (unpaired) electrons. The molecule has 0 atom stereocenters. The molecule has 0 fully saturated rings. The van der Waals surface area contributed by atoms with Gasteiger partial charge in [0, 0.05) is 11.8 Å². The second-order valence-electron chi connectivity index (χ2n) is 2.89. The summed E-state index contributed by atoms with van der Waals surface area (Å²) >= 11 is 0. The molecule has 0 saturated heterocycles. The zero-order valence-electron chi connectivity index (χ0n) is 7.23. The Morgan fingerprint density at radius 2 is 1.92 bits per heavy atom. The molecule has 0 amide bonds. The molecule has 0 spiro atoms. The zero-order valence-corrected chi connectivity index (χ0v) is 8.04. The summed E-state index contributed by atoms with van der Waals surface area (Å²) in [6.45, 7) is 0. The van der Waals surface area contributed by atoms with Crippen LogP contribution in [0, 0.1) is 0 Å². The number of carbonyl (C=O) groups excluding carboxylic acids is 1. The molecule has 3 nitrogen and oxygen atoms in total. The van der Waals surface area contributed by atoms with Gasteiger partial charge in [0.05, 0.1) is 5.75 Å². The minimum Gasteiger partial charge on any atom is -0.298 e. The fraction of sp³-hybridized carbons (Fsp3) is 0.222. The lowest BCUT2D eigenvalue weighted by Crippen LogP contribution is -2.03. The summed E-state index contributed by atoms with van der Waals surface area (Å²) in [5.41, 5.74) is 0.993. The molecule has 1 aromatic rings. The summed E-state index contributed by atoms with van der Waals surface area (Å²) in [6, 6.07) is 6.67. The average molecular weight is 198 g/mol.